The first-order valence-corrected chi connectivity index (χ1v) is 8.04. The highest BCUT2D eigenvalue weighted by Crippen LogP contribution is 2.32. The monoisotopic (exact) mass is 354 g/mol. The van der Waals surface area contributed by atoms with E-state index in [1.165, 1.54) is 18.2 Å². The number of ether oxygens (including phenoxy) is 3. The summed E-state index contributed by atoms with van der Waals surface area (Å²) in [6.45, 7) is 0.414. The predicted octanol–water partition coefficient (Wildman–Crippen LogP) is 3.18. The van der Waals surface area contributed by atoms with Gasteiger partial charge in [-0.1, -0.05) is 30.4 Å². The van der Waals surface area contributed by atoms with Crippen LogP contribution in [0.2, 0.25) is 0 Å². The van der Waals surface area contributed by atoms with Crippen molar-refractivity contribution < 1.29 is 29.2 Å². The molecule has 0 atom stereocenters. The topological polar surface area (TPSA) is 85.2 Å². The Morgan fingerprint density at radius 3 is 2.73 bits per heavy atom. The molecule has 134 valence electrons. The van der Waals surface area contributed by atoms with Crippen LogP contribution in [-0.2, 0) is 16.0 Å². The van der Waals surface area contributed by atoms with Gasteiger partial charge in [-0.05, 0) is 35.4 Å². The van der Waals surface area contributed by atoms with Crippen LogP contribution in [-0.4, -0.2) is 29.6 Å². The van der Waals surface area contributed by atoms with E-state index in [1.54, 1.807) is 18.2 Å². The van der Waals surface area contributed by atoms with E-state index in [2.05, 4.69) is 0 Å². The third-order valence-corrected chi connectivity index (χ3v) is 3.70. The second-order valence-corrected chi connectivity index (χ2v) is 5.57. The van der Waals surface area contributed by atoms with Crippen molar-refractivity contribution in [3.63, 3.8) is 0 Å². The minimum atomic E-state index is -0.455. The molecule has 2 aromatic carbocycles. The Morgan fingerprint density at radius 1 is 1.04 bits per heavy atom. The molecule has 2 N–H and O–H groups in total. The van der Waals surface area contributed by atoms with Gasteiger partial charge < -0.3 is 24.4 Å². The fraction of sp³-hybridized carbons (Fsp3) is 0.150. The number of fused-ring (bicyclic) bond motifs is 1. The summed E-state index contributed by atoms with van der Waals surface area (Å²) in [7, 11) is 0. The molecule has 0 aromatic heterocycles. The van der Waals surface area contributed by atoms with Gasteiger partial charge in [-0.3, -0.25) is 0 Å². The lowest BCUT2D eigenvalue weighted by atomic mass is 10.1. The summed E-state index contributed by atoms with van der Waals surface area (Å²) in [6.07, 6.45) is 6.94. The molecule has 6 nitrogen and oxygen atoms in total. The Kier molecular flexibility index (Phi) is 5.43. The van der Waals surface area contributed by atoms with E-state index in [0.29, 0.717) is 12.2 Å². The number of benzene rings is 2. The lowest BCUT2D eigenvalue weighted by Crippen LogP contribution is -2.04. The first-order valence-electron chi connectivity index (χ1n) is 8.04. The minimum absolute atomic E-state index is 0.178. The Labute approximate surface area is 150 Å². The molecule has 0 fully saturated rings. The molecule has 2 aromatic rings. The third-order valence-electron chi connectivity index (χ3n) is 3.70. The molecule has 1 aliphatic heterocycles. The molecule has 0 bridgehead atoms. The van der Waals surface area contributed by atoms with Gasteiger partial charge >= 0.3 is 5.97 Å². The number of hydrogen-bond donors (Lipinski definition) is 2. The molecule has 0 saturated carbocycles. The molecule has 26 heavy (non-hydrogen) atoms. The van der Waals surface area contributed by atoms with Gasteiger partial charge in [0.15, 0.2) is 23.0 Å². The number of carbonyl (C=O) groups is 1. The first-order chi connectivity index (χ1) is 12.6. The Balaban J connectivity index is 1.43. The second kappa shape index (κ2) is 8.11. The average molecular weight is 354 g/mol. The molecule has 0 radical (unpaired) electrons. The van der Waals surface area contributed by atoms with Crippen LogP contribution in [0.4, 0.5) is 0 Å². The minimum Gasteiger partial charge on any atom is -0.504 e. The number of phenolic OH excluding ortho intramolecular Hbond substituents is 2. The highest BCUT2D eigenvalue weighted by molar-refractivity contribution is 5.82. The highest BCUT2D eigenvalue weighted by atomic mass is 16.7. The van der Waals surface area contributed by atoms with Crippen LogP contribution in [0, 0.1) is 0 Å². The summed E-state index contributed by atoms with van der Waals surface area (Å²) in [4.78, 5) is 11.7. The molecule has 0 spiro atoms. The summed E-state index contributed by atoms with van der Waals surface area (Å²) in [5.41, 5.74) is 1.69. The van der Waals surface area contributed by atoms with Crippen molar-refractivity contribution in [2.45, 2.75) is 6.42 Å². The first kappa shape index (κ1) is 17.4. The van der Waals surface area contributed by atoms with Gasteiger partial charge in [0.05, 0.1) is 6.61 Å². The van der Waals surface area contributed by atoms with Crippen LogP contribution >= 0.6 is 0 Å². The lowest BCUT2D eigenvalue weighted by Gasteiger charge is -2.04. The van der Waals surface area contributed by atoms with Crippen molar-refractivity contribution >= 4 is 12.0 Å². The Bertz CT molecular complexity index is 853. The number of carbonyl (C=O) groups excluding carboxylic acids is 1. The maximum absolute atomic E-state index is 11.7. The van der Waals surface area contributed by atoms with Crippen molar-refractivity contribution in [2.75, 3.05) is 13.4 Å². The molecule has 0 aliphatic carbocycles. The molecule has 0 unspecified atom stereocenters. The lowest BCUT2D eigenvalue weighted by molar-refractivity contribution is -0.137. The van der Waals surface area contributed by atoms with Gasteiger partial charge in [0.2, 0.25) is 6.79 Å². The van der Waals surface area contributed by atoms with Crippen molar-refractivity contribution in [1.82, 2.24) is 0 Å². The van der Waals surface area contributed by atoms with Gasteiger partial charge in [0, 0.05) is 12.5 Å². The van der Waals surface area contributed by atoms with Gasteiger partial charge in [0.25, 0.3) is 0 Å². The second-order valence-electron chi connectivity index (χ2n) is 5.57. The molecule has 1 aliphatic rings. The molecular weight excluding hydrogens is 336 g/mol. The predicted molar refractivity (Wildman–Crippen MR) is 95.2 cm³/mol. The fourth-order valence-electron chi connectivity index (χ4n) is 2.36. The van der Waals surface area contributed by atoms with Gasteiger partial charge in [-0.15, -0.1) is 0 Å². The molecular formula is C20H18O6. The van der Waals surface area contributed by atoms with E-state index in [0.717, 1.165) is 16.9 Å². The maximum atomic E-state index is 11.7. The van der Waals surface area contributed by atoms with E-state index in [1.807, 2.05) is 24.3 Å². The standard InChI is InChI=1S/C20H18O6/c21-16-7-5-15(11-17(16)22)9-10-24-20(23)4-2-1-3-14-6-8-18-19(12-14)26-13-25-18/h1-8,11-12,21-22H,9-10,13H2/b3-1+,4-2+. The smallest absolute Gasteiger partial charge is 0.330 e. The Morgan fingerprint density at radius 2 is 1.88 bits per heavy atom. The van der Waals surface area contributed by atoms with Crippen LogP contribution in [0.1, 0.15) is 11.1 Å². The third kappa shape index (κ3) is 4.57. The number of rotatable bonds is 6. The summed E-state index contributed by atoms with van der Waals surface area (Å²) in [5.74, 6) is 0.604. The molecule has 0 amide bonds. The van der Waals surface area contributed by atoms with Gasteiger partial charge in [-0.25, -0.2) is 4.79 Å². The van der Waals surface area contributed by atoms with E-state index >= 15 is 0 Å². The normalized spacial score (nSPS) is 12.8. The van der Waals surface area contributed by atoms with E-state index in [-0.39, 0.29) is 24.9 Å². The van der Waals surface area contributed by atoms with E-state index in [4.69, 9.17) is 14.2 Å². The van der Waals surface area contributed by atoms with Crippen LogP contribution in [0.15, 0.2) is 54.6 Å². The fourth-order valence-corrected chi connectivity index (χ4v) is 2.36. The zero-order chi connectivity index (χ0) is 18.4. The van der Waals surface area contributed by atoms with Crippen LogP contribution in [0.3, 0.4) is 0 Å². The quantitative estimate of drug-likeness (QED) is 0.359. The maximum Gasteiger partial charge on any atom is 0.330 e. The van der Waals surface area contributed by atoms with Crippen molar-refractivity contribution in [2.24, 2.45) is 0 Å². The van der Waals surface area contributed by atoms with E-state index in [9.17, 15) is 15.0 Å². The van der Waals surface area contributed by atoms with Crippen molar-refractivity contribution in [3.8, 4) is 23.0 Å². The van der Waals surface area contributed by atoms with Crippen LogP contribution < -0.4 is 9.47 Å². The zero-order valence-corrected chi connectivity index (χ0v) is 13.9. The number of phenols is 2. The summed E-state index contributed by atoms with van der Waals surface area (Å²) < 4.78 is 15.6. The number of esters is 1. The molecule has 0 saturated heterocycles. The van der Waals surface area contributed by atoms with Gasteiger partial charge in [0.1, 0.15) is 0 Å². The number of hydrogen-bond acceptors (Lipinski definition) is 6. The van der Waals surface area contributed by atoms with Crippen molar-refractivity contribution in [3.05, 3.63) is 65.8 Å². The average Bonchev–Trinajstić information content (AvgIpc) is 3.09. The zero-order valence-electron chi connectivity index (χ0n) is 13.9. The molecule has 3 rings (SSSR count). The summed E-state index contributed by atoms with van der Waals surface area (Å²) in [5, 5.41) is 18.6. The van der Waals surface area contributed by atoms with E-state index < -0.39 is 5.97 Å². The highest BCUT2D eigenvalue weighted by Gasteiger charge is 2.11. The largest absolute Gasteiger partial charge is 0.504 e. The van der Waals surface area contributed by atoms with Crippen molar-refractivity contribution in [1.29, 1.82) is 0 Å². The van der Waals surface area contributed by atoms with Gasteiger partial charge in [-0.2, -0.15) is 0 Å². The SMILES string of the molecule is O=C(/C=C/C=C/c1ccc2c(c1)OCO2)OCCc1ccc(O)c(O)c1. The Hall–Kier alpha value is -3.41. The molecule has 6 heteroatoms. The summed E-state index contributed by atoms with van der Waals surface area (Å²) in [6, 6.07) is 10.1. The molecule has 1 heterocycles. The number of allylic oxidation sites excluding steroid dienone is 2. The van der Waals surface area contributed by atoms with Crippen LogP contribution in [0.25, 0.3) is 6.08 Å². The number of aromatic hydroxyl groups is 2. The summed E-state index contributed by atoms with van der Waals surface area (Å²) >= 11 is 0. The van der Waals surface area contributed by atoms with Crippen LogP contribution in [0.5, 0.6) is 23.0 Å².